The van der Waals surface area contributed by atoms with Crippen molar-refractivity contribution in [1.29, 1.82) is 0 Å². The van der Waals surface area contributed by atoms with Crippen molar-refractivity contribution in [2.45, 2.75) is 4.90 Å². The van der Waals surface area contributed by atoms with Gasteiger partial charge in [-0.25, -0.2) is 12.7 Å². The zero-order valence-corrected chi connectivity index (χ0v) is 12.1. The number of pyridine rings is 1. The Labute approximate surface area is 117 Å². The number of hydrogen-bond donors (Lipinski definition) is 1. The molecule has 0 saturated heterocycles. The molecule has 6 nitrogen and oxygen atoms in total. The zero-order valence-electron chi connectivity index (χ0n) is 9.28. The van der Waals surface area contributed by atoms with Crippen LogP contribution >= 0.6 is 0 Å². The zero-order chi connectivity index (χ0) is 11.9. The Hall–Kier alpha value is -0.470. The Morgan fingerprint density at radius 2 is 2.00 bits per heavy atom. The van der Waals surface area contributed by atoms with Gasteiger partial charge < -0.3 is 10.1 Å². The minimum Gasteiger partial charge on any atom is -0.483 e. The van der Waals surface area contributed by atoms with Crippen molar-refractivity contribution in [3.63, 3.8) is 0 Å². The molecule has 0 saturated carbocycles. The molecule has 0 unspecified atom stereocenters. The summed E-state index contributed by atoms with van der Waals surface area (Å²) < 4.78 is 24.0. The second kappa shape index (κ2) is 8.66. The normalized spacial score (nSPS) is 9.69. The summed E-state index contributed by atoms with van der Waals surface area (Å²) in [5, 5.41) is 6.89. The largest absolute Gasteiger partial charge is 1.00 e. The topological polar surface area (TPSA) is 87.6 Å². The van der Waals surface area contributed by atoms with Gasteiger partial charge in [0.2, 0.25) is 10.0 Å². The van der Waals surface area contributed by atoms with Crippen molar-refractivity contribution in [2.24, 2.45) is 0 Å². The van der Waals surface area contributed by atoms with Gasteiger partial charge in [-0.2, -0.15) is 6.07 Å². The monoisotopic (exact) mass is 254 g/mol. The molecule has 1 aromatic heterocycles. The van der Waals surface area contributed by atoms with Gasteiger partial charge in [-0.3, -0.25) is 4.79 Å². The van der Waals surface area contributed by atoms with Gasteiger partial charge >= 0.3 is 29.6 Å². The summed E-state index contributed by atoms with van der Waals surface area (Å²) in [4.78, 5) is 12.1. The van der Waals surface area contributed by atoms with Gasteiger partial charge in [0.1, 0.15) is 0 Å². The number of hydrogen-bond acceptors (Lipinski definition) is 4. The Balaban J connectivity index is 0. The van der Waals surface area contributed by atoms with Crippen LogP contribution in [0.2, 0.25) is 0 Å². The van der Waals surface area contributed by atoms with Crippen LogP contribution in [0.4, 0.5) is 0 Å². The van der Waals surface area contributed by atoms with Crippen LogP contribution in [0.1, 0.15) is 0 Å². The Bertz CT molecular complexity index is 394. The predicted molar refractivity (Wildman–Crippen MR) is 52.6 cm³/mol. The van der Waals surface area contributed by atoms with Gasteiger partial charge in [0, 0.05) is 14.1 Å². The smallest absolute Gasteiger partial charge is 0.483 e. The van der Waals surface area contributed by atoms with Crippen LogP contribution in [0, 0.1) is 6.20 Å². The average Bonchev–Trinajstić information content (AvgIpc) is 2.20. The molecule has 0 bridgehead atoms. The second-order valence-electron chi connectivity index (χ2n) is 2.52. The molecule has 1 aromatic rings. The summed E-state index contributed by atoms with van der Waals surface area (Å²) in [6.45, 7) is -0.250. The molecule has 0 aliphatic heterocycles. The SMILES string of the molecule is CN(C)S(=O)(=O)c1cc[c-]nc1.O=CO.[Na+]. The quantitative estimate of drug-likeness (QED) is 0.342. The van der Waals surface area contributed by atoms with E-state index in [-0.39, 0.29) is 40.9 Å². The predicted octanol–water partition coefficient (Wildman–Crippen LogP) is -3.16. The third-order valence-electron chi connectivity index (χ3n) is 1.37. The van der Waals surface area contributed by atoms with Gasteiger partial charge in [0.25, 0.3) is 6.47 Å². The molecule has 0 radical (unpaired) electrons. The van der Waals surface area contributed by atoms with Gasteiger partial charge in [-0.05, 0) is 4.90 Å². The molecule has 0 amide bonds. The van der Waals surface area contributed by atoms with E-state index in [4.69, 9.17) is 9.90 Å². The fourth-order valence-corrected chi connectivity index (χ4v) is 1.52. The molecule has 0 aliphatic rings. The molecule has 84 valence electrons. The fraction of sp³-hybridized carbons (Fsp3) is 0.250. The van der Waals surface area contributed by atoms with Gasteiger partial charge in [0.05, 0.1) is 0 Å². The first-order valence-corrected chi connectivity index (χ1v) is 5.23. The van der Waals surface area contributed by atoms with Crippen LogP contribution in [-0.2, 0) is 14.8 Å². The number of carboxylic acid groups (broad SMARTS) is 1. The van der Waals surface area contributed by atoms with Gasteiger partial charge in [-0.15, -0.1) is 6.07 Å². The Kier molecular flexibility index (Phi) is 9.69. The molecule has 0 spiro atoms. The maximum Gasteiger partial charge on any atom is 1.00 e. The molecule has 0 aliphatic carbocycles. The minimum absolute atomic E-state index is 0. The molecule has 1 N–H and O–H groups in total. The number of rotatable bonds is 2. The second-order valence-corrected chi connectivity index (χ2v) is 4.67. The molecule has 0 atom stereocenters. The van der Waals surface area contributed by atoms with E-state index in [9.17, 15) is 8.42 Å². The molecular formula is C8H11N2NaO4S. The first kappa shape index (κ1) is 17.9. The summed E-state index contributed by atoms with van der Waals surface area (Å²) in [5.74, 6) is 0. The van der Waals surface area contributed by atoms with Crippen molar-refractivity contribution in [1.82, 2.24) is 9.29 Å². The van der Waals surface area contributed by atoms with E-state index >= 15 is 0 Å². The summed E-state index contributed by atoms with van der Waals surface area (Å²) in [7, 11) is -0.370. The van der Waals surface area contributed by atoms with E-state index in [2.05, 4.69) is 11.2 Å². The molecular weight excluding hydrogens is 243 g/mol. The van der Waals surface area contributed by atoms with E-state index in [1.807, 2.05) is 0 Å². The first-order valence-electron chi connectivity index (χ1n) is 3.79. The summed E-state index contributed by atoms with van der Waals surface area (Å²) in [6.07, 6.45) is 3.78. The average molecular weight is 254 g/mol. The van der Waals surface area contributed by atoms with Crippen LogP contribution in [0.3, 0.4) is 0 Å². The van der Waals surface area contributed by atoms with Crippen molar-refractivity contribution in [3.05, 3.63) is 24.5 Å². The standard InChI is InChI=1S/C7H9N2O2S.CH2O2.Na/c1-9(2)12(10,11)7-4-3-5-8-6-7;2-1-3;/h3-4,6H,1-2H3;1H,(H,2,3);/q-1;;+1. The van der Waals surface area contributed by atoms with Crippen LogP contribution in [0.25, 0.3) is 0 Å². The minimum atomic E-state index is -3.33. The molecule has 16 heavy (non-hydrogen) atoms. The van der Waals surface area contributed by atoms with Crippen LogP contribution in [0.15, 0.2) is 23.2 Å². The third-order valence-corrected chi connectivity index (χ3v) is 3.17. The summed E-state index contributed by atoms with van der Waals surface area (Å²) in [6, 6.07) is 2.93. The van der Waals surface area contributed by atoms with Crippen LogP contribution < -0.4 is 29.6 Å². The fourth-order valence-electron chi connectivity index (χ4n) is 0.670. The molecule has 0 aromatic carbocycles. The summed E-state index contributed by atoms with van der Waals surface area (Å²) in [5.41, 5.74) is 0. The van der Waals surface area contributed by atoms with Gasteiger partial charge in [0.15, 0.2) is 0 Å². The third kappa shape index (κ3) is 5.57. The van der Waals surface area contributed by atoms with E-state index in [1.165, 1.54) is 32.4 Å². The Morgan fingerprint density at radius 3 is 2.31 bits per heavy atom. The molecule has 0 fully saturated rings. The van der Waals surface area contributed by atoms with E-state index in [1.54, 1.807) is 0 Å². The van der Waals surface area contributed by atoms with E-state index in [0.29, 0.717) is 0 Å². The number of aromatic nitrogens is 1. The molecule has 1 heterocycles. The van der Waals surface area contributed by atoms with E-state index in [0.717, 1.165) is 4.31 Å². The van der Waals surface area contributed by atoms with Gasteiger partial charge in [-0.1, -0.05) is 12.4 Å². The van der Waals surface area contributed by atoms with Crippen molar-refractivity contribution in [2.75, 3.05) is 14.1 Å². The Morgan fingerprint density at radius 1 is 1.50 bits per heavy atom. The van der Waals surface area contributed by atoms with Crippen LogP contribution in [0.5, 0.6) is 0 Å². The number of sulfonamides is 1. The maximum atomic E-state index is 11.4. The summed E-state index contributed by atoms with van der Waals surface area (Å²) >= 11 is 0. The van der Waals surface area contributed by atoms with Crippen molar-refractivity contribution >= 4 is 16.5 Å². The maximum absolute atomic E-state index is 11.4. The van der Waals surface area contributed by atoms with Crippen molar-refractivity contribution in [3.8, 4) is 0 Å². The van der Waals surface area contributed by atoms with E-state index < -0.39 is 10.0 Å². The number of nitrogens with zero attached hydrogens (tertiary/aromatic N) is 2. The molecule has 1 rings (SSSR count). The van der Waals surface area contributed by atoms with Crippen LogP contribution in [-0.4, -0.2) is 43.4 Å². The number of carbonyl (C=O) groups is 1. The van der Waals surface area contributed by atoms with Crippen molar-refractivity contribution < 1.29 is 47.9 Å². The molecule has 8 heteroatoms. The first-order chi connectivity index (χ1) is 6.96.